The van der Waals surface area contributed by atoms with E-state index in [1.807, 2.05) is 23.9 Å². The summed E-state index contributed by atoms with van der Waals surface area (Å²) in [7, 11) is 0. The average molecular weight is 920 g/mol. The van der Waals surface area contributed by atoms with Gasteiger partial charge in [-0.1, -0.05) is 132 Å². The smallest absolute Gasteiger partial charge is 0.260 e. The number of nitrogens with zero attached hydrogens (tertiary/aromatic N) is 2. The van der Waals surface area contributed by atoms with Gasteiger partial charge in [-0.15, -0.1) is 0 Å². The maximum absolute atomic E-state index is 7.15. The quantitative estimate of drug-likeness (QED) is 0.174. The fourth-order valence-corrected chi connectivity index (χ4v) is 14.8. The zero-order valence-corrected chi connectivity index (χ0v) is 38.5. The second-order valence-corrected chi connectivity index (χ2v) is 20.8. The Balaban J connectivity index is 0.970. The Morgan fingerprint density at radius 2 is 0.761 bits per heavy atom. The summed E-state index contributed by atoms with van der Waals surface area (Å²) in [6.45, 7) is -0.289. The maximum Gasteiger partial charge on any atom is 0.260 e. The second kappa shape index (κ2) is 13.3. The molecule has 0 bridgehead atoms. The minimum absolute atomic E-state index is 0.0477. The summed E-state index contributed by atoms with van der Waals surface area (Å²) >= 11 is 1.90. The lowest BCUT2D eigenvalue weighted by Crippen LogP contribution is -2.69. The van der Waals surface area contributed by atoms with Gasteiger partial charge in [0.15, 0.2) is 0 Å². The molecule has 0 fully saturated rings. The highest BCUT2D eigenvalue weighted by Gasteiger charge is 2.53. The van der Waals surface area contributed by atoms with E-state index in [4.69, 9.17) is 18.9 Å². The number of ether oxygens (including phenoxy) is 4. The topological polar surface area (TPSA) is 43.4 Å². The monoisotopic (exact) mass is 920 g/mol. The molecule has 0 radical (unpaired) electrons. The van der Waals surface area contributed by atoms with Gasteiger partial charge in [0, 0.05) is 67.0 Å². The molecule has 0 amide bonds. The van der Waals surface area contributed by atoms with Crippen LogP contribution in [-0.4, -0.2) is 26.9 Å². The Labute approximate surface area is 414 Å². The molecule has 0 spiro atoms. The van der Waals surface area contributed by atoms with Gasteiger partial charge in [0.1, 0.15) is 46.0 Å². The predicted octanol–water partition coefficient (Wildman–Crippen LogP) is 6.52. The summed E-state index contributed by atoms with van der Waals surface area (Å²) in [5.41, 5.74) is 21.5. The van der Waals surface area contributed by atoms with Gasteiger partial charge in [0.25, 0.3) is 20.1 Å². The average Bonchev–Trinajstić information content (AvgIpc) is 3.43. The summed E-state index contributed by atoms with van der Waals surface area (Å²) in [4.78, 5) is 7.66. The summed E-state index contributed by atoms with van der Waals surface area (Å²) < 4.78 is 27.5. The fraction of sp³-hybridized carbons (Fsp3) is 0. The molecule has 8 aliphatic heterocycles. The van der Waals surface area contributed by atoms with Crippen LogP contribution in [0.5, 0.6) is 46.0 Å². The highest BCUT2D eigenvalue weighted by molar-refractivity contribution is 8.00. The van der Waals surface area contributed by atoms with Crippen molar-refractivity contribution >= 4 is 138 Å². The standard InChI is InChI=1S/C60H32B4N2O4S/c1-2-14-33(15-3-1)65-42-20-8-4-16-34(42)61-38-28-40-52(69-50-25-12-23-48-57(50)62(40)35-17-5-9-21-46(35)67-48)30-43(38)66-44-31-53-41(63-36-18-6-10-22-47(36)68-49-24-13-26-51(70-53)58(49)63)29-39(44)64-37-19-7-11-27-54(37)71-55-32-45(65)56(61)60(66)59(55)64/h1-32H. The Hall–Kier alpha value is -8.39. The van der Waals surface area contributed by atoms with Crippen LogP contribution >= 0.6 is 11.8 Å². The van der Waals surface area contributed by atoms with Crippen molar-refractivity contribution in [3.63, 3.8) is 0 Å². The molecule has 0 atom stereocenters. The second-order valence-electron chi connectivity index (χ2n) is 19.7. The van der Waals surface area contributed by atoms with Crippen LogP contribution in [-0.2, 0) is 0 Å². The van der Waals surface area contributed by atoms with Crippen LogP contribution in [0, 0.1) is 0 Å². The molecule has 0 aromatic heterocycles. The molecule has 10 aromatic carbocycles. The Kier molecular flexibility index (Phi) is 7.01. The van der Waals surface area contributed by atoms with Crippen molar-refractivity contribution in [2.75, 3.05) is 9.80 Å². The van der Waals surface area contributed by atoms with Crippen molar-refractivity contribution in [3.8, 4) is 46.0 Å². The van der Waals surface area contributed by atoms with E-state index in [1.54, 1.807) is 0 Å². The maximum atomic E-state index is 7.15. The van der Waals surface area contributed by atoms with Gasteiger partial charge >= 0.3 is 0 Å². The van der Waals surface area contributed by atoms with Crippen molar-refractivity contribution in [3.05, 3.63) is 194 Å². The van der Waals surface area contributed by atoms with Gasteiger partial charge in [0.2, 0.25) is 6.71 Å². The largest absolute Gasteiger partial charge is 0.458 e. The molecule has 8 aliphatic rings. The summed E-state index contributed by atoms with van der Waals surface area (Å²) in [6.07, 6.45) is 0. The zero-order chi connectivity index (χ0) is 45.8. The van der Waals surface area contributed by atoms with Crippen LogP contribution in [0.25, 0.3) is 0 Å². The molecule has 0 N–H and O–H groups in total. The fourth-order valence-electron chi connectivity index (χ4n) is 13.6. The first-order chi connectivity index (χ1) is 35.2. The van der Waals surface area contributed by atoms with Gasteiger partial charge in [-0.25, -0.2) is 0 Å². The molecule has 0 saturated carbocycles. The van der Waals surface area contributed by atoms with E-state index in [-0.39, 0.29) is 26.9 Å². The molecule has 6 nitrogen and oxygen atoms in total. The molecular formula is C60H32B4N2O4S. The molecular weight excluding hydrogens is 888 g/mol. The Bertz CT molecular complexity index is 4110. The molecule has 0 aliphatic carbocycles. The molecule has 0 saturated heterocycles. The molecule has 10 aromatic rings. The lowest BCUT2D eigenvalue weighted by Gasteiger charge is -2.50. The van der Waals surface area contributed by atoms with Gasteiger partial charge in [-0.3, -0.25) is 0 Å². The van der Waals surface area contributed by atoms with E-state index in [9.17, 15) is 0 Å². The van der Waals surface area contributed by atoms with Crippen LogP contribution in [0.3, 0.4) is 0 Å². The van der Waals surface area contributed by atoms with Crippen molar-refractivity contribution in [2.24, 2.45) is 0 Å². The lowest BCUT2D eigenvalue weighted by atomic mass is 9.28. The van der Waals surface area contributed by atoms with E-state index in [0.29, 0.717) is 0 Å². The van der Waals surface area contributed by atoms with E-state index in [1.165, 1.54) is 59.6 Å². The van der Waals surface area contributed by atoms with Crippen LogP contribution in [0.1, 0.15) is 0 Å². The first-order valence-electron chi connectivity index (χ1n) is 24.4. The summed E-state index contributed by atoms with van der Waals surface area (Å²) in [5.74, 6) is 6.83. The third-order valence-electron chi connectivity index (χ3n) is 16.3. The number of para-hydroxylation sites is 4. The number of benzene rings is 10. The molecule has 324 valence electrons. The van der Waals surface area contributed by atoms with Crippen molar-refractivity contribution in [1.29, 1.82) is 0 Å². The van der Waals surface area contributed by atoms with Crippen molar-refractivity contribution in [2.45, 2.75) is 9.79 Å². The van der Waals surface area contributed by atoms with E-state index in [0.717, 1.165) is 95.8 Å². The van der Waals surface area contributed by atoms with Crippen LogP contribution < -0.4 is 94.3 Å². The minimum atomic E-state index is -0.0907. The summed E-state index contributed by atoms with van der Waals surface area (Å²) in [5, 5.41) is 0. The SMILES string of the molecule is c1ccc(N2c3ccccc3B3c4cc5c(cc4N4c6cc7c(cc6B6c8ccccc8Sc8cc2c3c4c86)B2c3ccccc3Oc3cccc(c32)O7)Oc2cccc3c2B5c2ccccc2O3)cc1. The van der Waals surface area contributed by atoms with E-state index in [2.05, 4.69) is 192 Å². The highest BCUT2D eigenvalue weighted by atomic mass is 32.2. The molecule has 8 heterocycles. The van der Waals surface area contributed by atoms with Crippen LogP contribution in [0.15, 0.2) is 204 Å². The molecule has 11 heteroatoms. The van der Waals surface area contributed by atoms with Gasteiger partial charge in [-0.2, -0.15) is 0 Å². The van der Waals surface area contributed by atoms with Crippen molar-refractivity contribution in [1.82, 2.24) is 0 Å². The van der Waals surface area contributed by atoms with E-state index < -0.39 is 0 Å². The first kappa shape index (κ1) is 37.5. The summed E-state index contributed by atoms with van der Waals surface area (Å²) in [6, 6.07) is 70.7. The number of rotatable bonds is 1. The van der Waals surface area contributed by atoms with Gasteiger partial charge in [-0.05, 0) is 116 Å². The number of hydrogen-bond donors (Lipinski definition) is 0. The van der Waals surface area contributed by atoms with Gasteiger partial charge < -0.3 is 28.7 Å². The first-order valence-corrected chi connectivity index (χ1v) is 25.3. The van der Waals surface area contributed by atoms with Crippen molar-refractivity contribution < 1.29 is 18.9 Å². The van der Waals surface area contributed by atoms with Crippen LogP contribution in [0.4, 0.5) is 34.1 Å². The third-order valence-corrected chi connectivity index (χ3v) is 17.5. The number of anilines is 6. The Morgan fingerprint density at radius 1 is 0.282 bits per heavy atom. The normalized spacial score (nSPS) is 15.0. The third kappa shape index (κ3) is 4.71. The Morgan fingerprint density at radius 3 is 1.38 bits per heavy atom. The van der Waals surface area contributed by atoms with Crippen LogP contribution in [0.2, 0.25) is 0 Å². The lowest BCUT2D eigenvalue weighted by molar-refractivity contribution is 0.464. The molecule has 18 rings (SSSR count). The molecule has 0 unspecified atom stereocenters. The van der Waals surface area contributed by atoms with Gasteiger partial charge in [0.05, 0.1) is 0 Å². The zero-order valence-electron chi connectivity index (χ0n) is 37.7. The number of hydrogen-bond acceptors (Lipinski definition) is 7. The minimum Gasteiger partial charge on any atom is -0.458 e. The highest BCUT2D eigenvalue weighted by Crippen LogP contribution is 2.50. The van der Waals surface area contributed by atoms with E-state index >= 15 is 0 Å². The molecule has 71 heavy (non-hydrogen) atoms. The number of fused-ring (bicyclic) bond motifs is 18. The predicted molar refractivity (Wildman–Crippen MR) is 291 cm³/mol.